The molecule has 3 amide bonds. The Kier molecular flexibility index (Phi) is 8.51. The van der Waals surface area contributed by atoms with Crippen LogP contribution in [-0.2, 0) is 20.9 Å². The number of alkyl carbamates (subject to hydrolysis) is 1. The minimum Gasteiger partial charge on any atom is -0.444 e. The van der Waals surface area contributed by atoms with Gasteiger partial charge in [-0.2, -0.15) is 0 Å². The van der Waals surface area contributed by atoms with Crippen molar-refractivity contribution in [1.29, 1.82) is 0 Å². The highest BCUT2D eigenvalue weighted by Gasteiger charge is 2.43. The van der Waals surface area contributed by atoms with Crippen LogP contribution < -0.4 is 10.6 Å². The van der Waals surface area contributed by atoms with Crippen molar-refractivity contribution in [2.24, 2.45) is 0 Å². The first-order valence-corrected chi connectivity index (χ1v) is 11.9. The van der Waals surface area contributed by atoms with Crippen LogP contribution in [0.2, 0.25) is 0 Å². The summed E-state index contributed by atoms with van der Waals surface area (Å²) in [4.78, 5) is 41.0. The Hall–Kier alpha value is -3.39. The van der Waals surface area contributed by atoms with Crippen LogP contribution in [0.3, 0.4) is 0 Å². The third-order valence-corrected chi connectivity index (χ3v) is 5.60. The highest BCUT2D eigenvalue weighted by Crippen LogP contribution is 2.35. The molecule has 3 rings (SSSR count). The number of nitrogens with one attached hydrogen (secondary N) is 2. The second kappa shape index (κ2) is 11.4. The van der Waals surface area contributed by atoms with E-state index in [0.717, 1.165) is 24.0 Å². The van der Waals surface area contributed by atoms with Crippen molar-refractivity contribution < 1.29 is 24.2 Å². The number of carbonyl (C=O) groups is 3. The lowest BCUT2D eigenvalue weighted by Crippen LogP contribution is -2.55. The normalized spacial score (nSPS) is 15.0. The monoisotopic (exact) mass is 481 g/mol. The van der Waals surface area contributed by atoms with Crippen LogP contribution in [0, 0.1) is 6.92 Å². The topological polar surface area (TPSA) is 108 Å². The lowest BCUT2D eigenvalue weighted by Gasteiger charge is -2.34. The third kappa shape index (κ3) is 7.55. The summed E-state index contributed by atoms with van der Waals surface area (Å²) in [5.41, 5.74) is 1.87. The molecular weight excluding hydrogens is 446 g/mol. The van der Waals surface area contributed by atoms with E-state index in [-0.39, 0.29) is 11.9 Å². The molecule has 35 heavy (non-hydrogen) atoms. The molecule has 2 unspecified atom stereocenters. The Bertz CT molecular complexity index is 1010. The summed E-state index contributed by atoms with van der Waals surface area (Å²) in [5, 5.41) is 15.4. The molecule has 2 atom stereocenters. The molecule has 1 aliphatic rings. The van der Waals surface area contributed by atoms with E-state index in [1.54, 1.807) is 20.8 Å². The molecule has 0 spiro atoms. The highest BCUT2D eigenvalue weighted by molar-refractivity contribution is 5.92. The molecule has 0 aliphatic heterocycles. The van der Waals surface area contributed by atoms with Gasteiger partial charge in [0.05, 0.1) is 6.61 Å². The van der Waals surface area contributed by atoms with Crippen molar-refractivity contribution in [3.8, 4) is 0 Å². The van der Waals surface area contributed by atoms with Crippen LogP contribution in [0.4, 0.5) is 4.79 Å². The maximum absolute atomic E-state index is 13.6. The maximum Gasteiger partial charge on any atom is 0.408 e. The molecule has 3 N–H and O–H groups in total. The molecule has 2 aromatic rings. The standard InChI is InChI=1S/C27H35N3O5/c1-18-10-12-20(13-11-18)23(24(32)28-16-19-8-6-5-7-9-19)30(21-14-15-21)25(33)22(17-31)29-26(34)35-27(2,3)4/h5-13,21-23,31H,14-17H2,1-4H3,(H,28,32)(H,29,34). The quantitative estimate of drug-likeness (QED) is 0.510. The van der Waals surface area contributed by atoms with Crippen molar-refractivity contribution in [3.05, 3.63) is 71.3 Å². The molecule has 1 fully saturated rings. The van der Waals surface area contributed by atoms with Gasteiger partial charge in [0.2, 0.25) is 11.8 Å². The first-order valence-electron chi connectivity index (χ1n) is 11.9. The molecule has 0 saturated heterocycles. The van der Waals surface area contributed by atoms with Gasteiger partial charge in [-0.25, -0.2) is 4.79 Å². The highest BCUT2D eigenvalue weighted by atomic mass is 16.6. The number of hydrogen-bond donors (Lipinski definition) is 3. The fourth-order valence-corrected chi connectivity index (χ4v) is 3.75. The maximum atomic E-state index is 13.6. The molecule has 1 saturated carbocycles. The molecule has 0 bridgehead atoms. The van der Waals surface area contributed by atoms with Crippen LogP contribution in [0.1, 0.15) is 56.3 Å². The number of nitrogens with zero attached hydrogens (tertiary/aromatic N) is 1. The van der Waals surface area contributed by atoms with Gasteiger partial charge in [0.15, 0.2) is 0 Å². The second-order valence-electron chi connectivity index (χ2n) is 9.87. The van der Waals surface area contributed by atoms with Crippen molar-refractivity contribution >= 4 is 17.9 Å². The SMILES string of the molecule is Cc1ccc(C(C(=O)NCc2ccccc2)N(C(=O)C(CO)NC(=O)OC(C)(C)C)C2CC2)cc1. The Morgan fingerprint density at radius 2 is 1.69 bits per heavy atom. The smallest absolute Gasteiger partial charge is 0.408 e. The first kappa shape index (κ1) is 26.2. The van der Waals surface area contributed by atoms with E-state index in [1.165, 1.54) is 4.90 Å². The van der Waals surface area contributed by atoms with Gasteiger partial charge in [-0.3, -0.25) is 9.59 Å². The number of aryl methyl sites for hydroxylation is 1. The lowest BCUT2D eigenvalue weighted by atomic mass is 10.0. The Labute approximate surface area is 206 Å². The van der Waals surface area contributed by atoms with Gasteiger partial charge >= 0.3 is 6.09 Å². The average Bonchev–Trinajstić information content (AvgIpc) is 3.64. The first-order chi connectivity index (χ1) is 16.6. The van der Waals surface area contributed by atoms with Crippen molar-refractivity contribution in [2.75, 3.05) is 6.61 Å². The van der Waals surface area contributed by atoms with Gasteiger partial charge in [-0.1, -0.05) is 60.2 Å². The molecule has 1 aliphatic carbocycles. The summed E-state index contributed by atoms with van der Waals surface area (Å²) in [7, 11) is 0. The Balaban J connectivity index is 1.87. The number of aliphatic hydroxyl groups excluding tert-OH is 1. The van der Waals surface area contributed by atoms with Crippen molar-refractivity contribution in [2.45, 2.75) is 70.8 Å². The van der Waals surface area contributed by atoms with E-state index >= 15 is 0 Å². The molecule has 0 radical (unpaired) electrons. The summed E-state index contributed by atoms with van der Waals surface area (Å²) in [6, 6.07) is 14.7. The Morgan fingerprint density at radius 3 is 2.23 bits per heavy atom. The fraction of sp³-hybridized carbons (Fsp3) is 0.444. The van der Waals surface area contributed by atoms with Gasteiger partial charge in [-0.15, -0.1) is 0 Å². The van der Waals surface area contributed by atoms with E-state index in [4.69, 9.17) is 4.74 Å². The van der Waals surface area contributed by atoms with Gasteiger partial charge in [-0.05, 0) is 51.7 Å². The van der Waals surface area contributed by atoms with E-state index in [0.29, 0.717) is 12.1 Å². The number of amides is 3. The molecule has 2 aromatic carbocycles. The third-order valence-electron chi connectivity index (χ3n) is 5.60. The predicted octanol–water partition coefficient (Wildman–Crippen LogP) is 3.23. The number of rotatable bonds is 9. The molecule has 8 nitrogen and oxygen atoms in total. The Morgan fingerprint density at radius 1 is 1.06 bits per heavy atom. The predicted molar refractivity (Wildman–Crippen MR) is 132 cm³/mol. The van der Waals surface area contributed by atoms with Crippen molar-refractivity contribution in [1.82, 2.24) is 15.5 Å². The van der Waals surface area contributed by atoms with Crippen LogP contribution in [0.25, 0.3) is 0 Å². The summed E-state index contributed by atoms with van der Waals surface area (Å²) in [6.45, 7) is 6.78. The zero-order chi connectivity index (χ0) is 25.6. The van der Waals surface area contributed by atoms with E-state index in [9.17, 15) is 19.5 Å². The largest absolute Gasteiger partial charge is 0.444 e. The van der Waals surface area contributed by atoms with Gasteiger partial charge in [0.1, 0.15) is 17.7 Å². The molecule has 8 heteroatoms. The van der Waals surface area contributed by atoms with E-state index in [1.807, 2.05) is 61.5 Å². The minimum atomic E-state index is -1.24. The summed E-state index contributed by atoms with van der Waals surface area (Å²) in [6.07, 6.45) is 0.677. The number of aliphatic hydroxyl groups is 1. The van der Waals surface area contributed by atoms with E-state index < -0.39 is 36.3 Å². The van der Waals surface area contributed by atoms with Gasteiger partial charge in [0.25, 0.3) is 0 Å². The minimum absolute atomic E-state index is 0.161. The number of carbonyl (C=O) groups excluding carboxylic acids is 3. The zero-order valence-corrected chi connectivity index (χ0v) is 20.8. The fourth-order valence-electron chi connectivity index (χ4n) is 3.75. The average molecular weight is 482 g/mol. The summed E-state index contributed by atoms with van der Waals surface area (Å²) in [5.74, 6) is -0.854. The van der Waals surface area contributed by atoms with E-state index in [2.05, 4.69) is 10.6 Å². The summed E-state index contributed by atoms with van der Waals surface area (Å²) < 4.78 is 5.26. The summed E-state index contributed by atoms with van der Waals surface area (Å²) >= 11 is 0. The molecule has 188 valence electrons. The van der Waals surface area contributed by atoms with Crippen molar-refractivity contribution in [3.63, 3.8) is 0 Å². The number of benzene rings is 2. The van der Waals surface area contributed by atoms with Crippen LogP contribution in [-0.4, -0.2) is 52.2 Å². The molecule has 0 aromatic heterocycles. The number of ether oxygens (including phenoxy) is 1. The number of hydrogen-bond acceptors (Lipinski definition) is 5. The lowest BCUT2D eigenvalue weighted by molar-refractivity contribution is -0.144. The van der Waals surface area contributed by atoms with Crippen LogP contribution in [0.15, 0.2) is 54.6 Å². The van der Waals surface area contributed by atoms with Crippen LogP contribution >= 0.6 is 0 Å². The second-order valence-corrected chi connectivity index (χ2v) is 9.87. The zero-order valence-electron chi connectivity index (χ0n) is 20.8. The van der Waals surface area contributed by atoms with Gasteiger partial charge in [0, 0.05) is 12.6 Å². The van der Waals surface area contributed by atoms with Crippen LogP contribution in [0.5, 0.6) is 0 Å². The van der Waals surface area contributed by atoms with Gasteiger partial charge < -0.3 is 25.4 Å². The molecule has 0 heterocycles. The molecular formula is C27H35N3O5.